The Kier molecular flexibility index (Phi) is 4.06. The molecule has 0 saturated heterocycles. The molecule has 0 spiro atoms. The molecule has 6 rings (SSSR count). The van der Waals surface area contributed by atoms with E-state index >= 15 is 0 Å². The van der Waals surface area contributed by atoms with Crippen LogP contribution in [0.15, 0.2) is 24.3 Å². The lowest BCUT2D eigenvalue weighted by molar-refractivity contribution is -0.173. The predicted molar refractivity (Wildman–Crippen MR) is 108 cm³/mol. The molecule has 5 aliphatic rings. The molecule has 1 aromatic carbocycles. The van der Waals surface area contributed by atoms with E-state index in [0.717, 1.165) is 19.3 Å². The van der Waals surface area contributed by atoms with Gasteiger partial charge in [-0.25, -0.2) is 0 Å². The van der Waals surface area contributed by atoms with E-state index in [0.29, 0.717) is 29.1 Å². The van der Waals surface area contributed by atoms with Crippen molar-refractivity contribution in [3.63, 3.8) is 0 Å². The summed E-state index contributed by atoms with van der Waals surface area (Å²) in [5, 5.41) is 2.85. The van der Waals surface area contributed by atoms with Crippen LogP contribution in [0.5, 0.6) is 0 Å². The number of nitrogens with one attached hydrogen (secondary N) is 1. The largest absolute Gasteiger partial charge is 0.455 e. The first-order valence-electron chi connectivity index (χ1n) is 10.7. The van der Waals surface area contributed by atoms with E-state index in [1.165, 1.54) is 24.2 Å². The lowest BCUT2D eigenvalue weighted by atomic mass is 9.49. The van der Waals surface area contributed by atoms with Crippen molar-refractivity contribution in [3.05, 3.63) is 24.3 Å². The first kappa shape index (κ1) is 18.6. The summed E-state index contributed by atoms with van der Waals surface area (Å²) in [5.74, 6) is 1.09. The van der Waals surface area contributed by atoms with Gasteiger partial charge in [0, 0.05) is 0 Å². The summed E-state index contributed by atoms with van der Waals surface area (Å²) in [6.07, 6.45) is 6.48. The molecule has 2 amide bonds. The van der Waals surface area contributed by atoms with Crippen LogP contribution in [0.25, 0.3) is 0 Å². The number of ether oxygens (including phenoxy) is 1. The fourth-order valence-electron chi connectivity index (χ4n) is 6.60. The van der Waals surface area contributed by atoms with Crippen molar-refractivity contribution in [3.8, 4) is 0 Å². The number of benzene rings is 1. The molecule has 1 heterocycles. The van der Waals surface area contributed by atoms with Crippen molar-refractivity contribution in [1.82, 2.24) is 0 Å². The highest BCUT2D eigenvalue weighted by atomic mass is 16.5. The number of hydrogen-bond donors (Lipinski definition) is 1. The summed E-state index contributed by atoms with van der Waals surface area (Å²) < 4.78 is 5.62. The Morgan fingerprint density at radius 2 is 1.66 bits per heavy atom. The Labute approximate surface area is 171 Å². The fourth-order valence-corrected chi connectivity index (χ4v) is 6.60. The van der Waals surface area contributed by atoms with Crippen LogP contribution in [-0.2, 0) is 19.1 Å². The van der Waals surface area contributed by atoms with Crippen LogP contribution in [-0.4, -0.2) is 29.9 Å². The lowest BCUT2D eigenvalue weighted by Gasteiger charge is -2.55. The molecular formula is C23H28N2O4. The third-order valence-electron chi connectivity index (χ3n) is 7.56. The van der Waals surface area contributed by atoms with Crippen molar-refractivity contribution in [1.29, 1.82) is 0 Å². The van der Waals surface area contributed by atoms with Crippen LogP contribution in [0, 0.1) is 23.2 Å². The van der Waals surface area contributed by atoms with E-state index in [2.05, 4.69) is 5.32 Å². The van der Waals surface area contributed by atoms with Gasteiger partial charge in [-0.05, 0) is 82.3 Å². The molecule has 1 aliphatic heterocycles. The van der Waals surface area contributed by atoms with Crippen molar-refractivity contribution in [2.45, 2.75) is 57.9 Å². The second kappa shape index (κ2) is 6.31. The quantitative estimate of drug-likeness (QED) is 0.794. The van der Waals surface area contributed by atoms with Gasteiger partial charge in [-0.2, -0.15) is 0 Å². The van der Waals surface area contributed by atoms with Gasteiger partial charge in [-0.1, -0.05) is 12.1 Å². The third kappa shape index (κ3) is 2.87. The summed E-state index contributed by atoms with van der Waals surface area (Å²) in [4.78, 5) is 40.2. The Morgan fingerprint density at radius 1 is 1.07 bits per heavy atom. The predicted octanol–water partition coefficient (Wildman–Crippen LogP) is 3.51. The van der Waals surface area contributed by atoms with Crippen LogP contribution in [0.3, 0.4) is 0 Å². The van der Waals surface area contributed by atoms with Crippen molar-refractivity contribution in [2.75, 3.05) is 16.8 Å². The molecular weight excluding hydrogens is 368 g/mol. The number of anilines is 2. The first-order valence-corrected chi connectivity index (χ1v) is 10.7. The second-order valence-corrected chi connectivity index (χ2v) is 10.0. The molecule has 4 bridgehead atoms. The van der Waals surface area contributed by atoms with Gasteiger partial charge in [0.2, 0.25) is 5.91 Å². The monoisotopic (exact) mass is 396 g/mol. The van der Waals surface area contributed by atoms with Crippen molar-refractivity contribution >= 4 is 29.2 Å². The molecule has 4 fully saturated rings. The summed E-state index contributed by atoms with van der Waals surface area (Å²) in [7, 11) is 0. The zero-order chi connectivity index (χ0) is 20.4. The van der Waals surface area contributed by atoms with E-state index in [1.807, 2.05) is 12.1 Å². The number of para-hydroxylation sites is 2. The average molecular weight is 396 g/mol. The number of carbonyl (C=O) groups is 3. The summed E-state index contributed by atoms with van der Waals surface area (Å²) in [6.45, 7) is 3.08. The van der Waals surface area contributed by atoms with Gasteiger partial charge in [0.25, 0.3) is 5.91 Å². The minimum atomic E-state index is -1.06. The molecule has 0 aromatic heterocycles. The smallest absolute Gasteiger partial charge is 0.312 e. The molecule has 6 heteroatoms. The van der Waals surface area contributed by atoms with Crippen LogP contribution in [0.4, 0.5) is 11.4 Å². The molecule has 29 heavy (non-hydrogen) atoms. The van der Waals surface area contributed by atoms with E-state index in [1.54, 1.807) is 26.0 Å². The summed E-state index contributed by atoms with van der Waals surface area (Å²) in [6, 6.07) is 7.21. The number of nitrogens with zero attached hydrogens (tertiary/aromatic N) is 1. The highest BCUT2D eigenvalue weighted by molar-refractivity contribution is 6.14. The maximum absolute atomic E-state index is 13.1. The zero-order valence-corrected chi connectivity index (χ0v) is 17.1. The highest BCUT2D eigenvalue weighted by Crippen LogP contribution is 2.60. The Balaban J connectivity index is 1.33. The normalized spacial score (nSPS) is 33.8. The number of fused-ring (bicyclic) bond motifs is 1. The minimum Gasteiger partial charge on any atom is -0.455 e. The molecule has 6 nitrogen and oxygen atoms in total. The van der Waals surface area contributed by atoms with Crippen LogP contribution >= 0.6 is 0 Å². The average Bonchev–Trinajstić information content (AvgIpc) is 2.65. The van der Waals surface area contributed by atoms with E-state index < -0.39 is 5.54 Å². The number of carbonyl (C=O) groups excluding carboxylic acids is 3. The molecule has 154 valence electrons. The van der Waals surface area contributed by atoms with E-state index in [4.69, 9.17) is 4.74 Å². The Hall–Kier alpha value is -2.37. The molecule has 0 atom stereocenters. The van der Waals surface area contributed by atoms with Crippen molar-refractivity contribution in [2.24, 2.45) is 23.2 Å². The molecule has 4 aliphatic carbocycles. The first-order chi connectivity index (χ1) is 13.8. The number of esters is 1. The number of rotatable bonds is 3. The lowest BCUT2D eigenvalue weighted by Crippen LogP contribution is -2.59. The third-order valence-corrected chi connectivity index (χ3v) is 7.56. The maximum atomic E-state index is 13.1. The topological polar surface area (TPSA) is 75.7 Å². The van der Waals surface area contributed by atoms with Gasteiger partial charge in [0.1, 0.15) is 5.54 Å². The second-order valence-electron chi connectivity index (χ2n) is 10.0. The zero-order valence-electron chi connectivity index (χ0n) is 17.1. The minimum absolute atomic E-state index is 0.211. The van der Waals surface area contributed by atoms with Crippen LogP contribution in [0.2, 0.25) is 0 Å². The number of hydrogen-bond acceptors (Lipinski definition) is 4. The SMILES string of the molecule is CC1(C)C(=O)Nc2ccccc2N1C(=O)COC(=O)C12CC3CC(CC(C3)C1)C2. The van der Waals surface area contributed by atoms with Crippen molar-refractivity contribution < 1.29 is 19.1 Å². The van der Waals surface area contributed by atoms with Gasteiger partial charge < -0.3 is 10.1 Å². The van der Waals surface area contributed by atoms with Crippen LogP contribution < -0.4 is 10.2 Å². The molecule has 1 aromatic rings. The van der Waals surface area contributed by atoms with E-state index in [9.17, 15) is 14.4 Å². The number of amides is 2. The van der Waals surface area contributed by atoms with Gasteiger partial charge in [0.15, 0.2) is 6.61 Å². The maximum Gasteiger partial charge on any atom is 0.312 e. The van der Waals surface area contributed by atoms with Gasteiger partial charge in [-0.15, -0.1) is 0 Å². The Bertz CT molecular complexity index is 855. The van der Waals surface area contributed by atoms with Gasteiger partial charge in [-0.3, -0.25) is 19.3 Å². The molecule has 1 N–H and O–H groups in total. The summed E-state index contributed by atoms with van der Waals surface area (Å²) >= 11 is 0. The molecule has 0 unspecified atom stereocenters. The molecule has 0 radical (unpaired) electrons. The molecule has 4 saturated carbocycles. The standard InChI is InChI=1S/C23H28N2O4/c1-22(2)20(27)24-17-5-3-4-6-18(17)25(22)19(26)13-29-21(28)23-10-14-7-15(11-23)9-16(8-14)12-23/h3-6,14-16H,7-13H2,1-2H3,(H,24,27). The highest BCUT2D eigenvalue weighted by Gasteiger charge is 2.55. The van der Waals surface area contributed by atoms with Gasteiger partial charge in [0.05, 0.1) is 16.8 Å². The Morgan fingerprint density at radius 3 is 2.28 bits per heavy atom. The van der Waals surface area contributed by atoms with E-state index in [-0.39, 0.29) is 29.8 Å². The van der Waals surface area contributed by atoms with Gasteiger partial charge >= 0.3 is 5.97 Å². The fraction of sp³-hybridized carbons (Fsp3) is 0.609. The summed E-state index contributed by atoms with van der Waals surface area (Å²) in [5.41, 5.74) is -0.217. The van der Waals surface area contributed by atoms with Crippen LogP contribution in [0.1, 0.15) is 52.4 Å².